The summed E-state index contributed by atoms with van der Waals surface area (Å²) in [5, 5.41) is -1.20. The van der Waals surface area contributed by atoms with Crippen LogP contribution in [0, 0.1) is 24.2 Å². The predicted molar refractivity (Wildman–Crippen MR) is 107 cm³/mol. The van der Waals surface area contributed by atoms with Gasteiger partial charge in [0.15, 0.2) is 0 Å². The SMILES string of the molecule is Cc1c(COC(=O)[C@H]2[C@@H](/C=C(\Cl)C(F)(F)F)C2(C)C)cccc1-c1ccccc1. The average Bonchev–Trinajstić information content (AvgIpc) is 3.20. The van der Waals surface area contributed by atoms with Crippen LogP contribution in [0.4, 0.5) is 13.2 Å². The Kier molecular flexibility index (Phi) is 5.81. The third-order valence-electron chi connectivity index (χ3n) is 5.66. The first-order chi connectivity index (χ1) is 13.5. The standard InChI is InChI=1S/C23H22ClF3O2/c1-14-16(10-7-11-17(14)15-8-5-4-6-9-15)13-29-21(28)20-18(22(20,2)3)12-19(24)23(25,26)27/h4-12,18,20H,13H2,1-3H3/b19-12-/t18-,20-/m1/s1. The molecule has 29 heavy (non-hydrogen) atoms. The minimum atomic E-state index is -4.61. The van der Waals surface area contributed by atoms with E-state index in [4.69, 9.17) is 16.3 Å². The minimum Gasteiger partial charge on any atom is -0.461 e. The van der Waals surface area contributed by atoms with Crippen molar-refractivity contribution in [2.45, 2.75) is 33.6 Å². The summed E-state index contributed by atoms with van der Waals surface area (Å²) in [6.07, 6.45) is -3.68. The number of hydrogen-bond donors (Lipinski definition) is 0. The highest BCUT2D eigenvalue weighted by molar-refractivity contribution is 6.30. The summed E-state index contributed by atoms with van der Waals surface area (Å²) in [4.78, 5) is 12.5. The van der Waals surface area contributed by atoms with Crippen LogP contribution in [-0.2, 0) is 16.1 Å². The minimum absolute atomic E-state index is 0.0708. The Hall–Kier alpha value is -2.27. The maximum Gasteiger partial charge on any atom is 0.426 e. The van der Waals surface area contributed by atoms with Gasteiger partial charge in [0.1, 0.15) is 11.6 Å². The van der Waals surface area contributed by atoms with Crippen LogP contribution in [-0.4, -0.2) is 12.1 Å². The number of ether oxygens (including phenoxy) is 1. The fourth-order valence-electron chi connectivity index (χ4n) is 3.70. The largest absolute Gasteiger partial charge is 0.461 e. The molecule has 1 aliphatic carbocycles. The molecule has 0 unspecified atom stereocenters. The van der Waals surface area contributed by atoms with Crippen molar-refractivity contribution in [3.05, 3.63) is 70.8 Å². The Labute approximate surface area is 173 Å². The highest BCUT2D eigenvalue weighted by atomic mass is 35.5. The third-order valence-corrected chi connectivity index (χ3v) is 6.00. The molecule has 0 radical (unpaired) electrons. The van der Waals surface area contributed by atoms with Gasteiger partial charge in [-0.15, -0.1) is 0 Å². The molecule has 0 heterocycles. The fraction of sp³-hybridized carbons (Fsp3) is 0.348. The van der Waals surface area contributed by atoms with Gasteiger partial charge >= 0.3 is 12.1 Å². The smallest absolute Gasteiger partial charge is 0.426 e. The van der Waals surface area contributed by atoms with Gasteiger partial charge in [-0.2, -0.15) is 13.2 Å². The lowest BCUT2D eigenvalue weighted by molar-refractivity contribution is -0.147. The van der Waals surface area contributed by atoms with Gasteiger partial charge in [0.2, 0.25) is 0 Å². The second kappa shape index (κ2) is 7.86. The van der Waals surface area contributed by atoms with Crippen LogP contribution in [0.5, 0.6) is 0 Å². The summed E-state index contributed by atoms with van der Waals surface area (Å²) < 4.78 is 43.5. The van der Waals surface area contributed by atoms with E-state index in [1.807, 2.05) is 55.5 Å². The van der Waals surface area contributed by atoms with Crippen LogP contribution in [0.1, 0.15) is 25.0 Å². The first-order valence-corrected chi connectivity index (χ1v) is 9.66. The van der Waals surface area contributed by atoms with Crippen molar-refractivity contribution >= 4 is 17.6 Å². The number of allylic oxidation sites excluding steroid dienone is 2. The molecule has 0 bridgehead atoms. The van der Waals surface area contributed by atoms with Crippen molar-refractivity contribution in [3.63, 3.8) is 0 Å². The van der Waals surface area contributed by atoms with Crippen molar-refractivity contribution < 1.29 is 22.7 Å². The van der Waals surface area contributed by atoms with Crippen LogP contribution < -0.4 is 0 Å². The number of benzene rings is 2. The highest BCUT2D eigenvalue weighted by Crippen LogP contribution is 2.60. The molecule has 2 atom stereocenters. The first-order valence-electron chi connectivity index (χ1n) is 9.28. The van der Waals surface area contributed by atoms with Gasteiger partial charge in [0, 0.05) is 0 Å². The Morgan fingerprint density at radius 3 is 2.41 bits per heavy atom. The summed E-state index contributed by atoms with van der Waals surface area (Å²) >= 11 is 5.34. The van der Waals surface area contributed by atoms with Crippen molar-refractivity contribution in [1.29, 1.82) is 0 Å². The normalized spacial score (nSPS) is 21.0. The lowest BCUT2D eigenvalue weighted by atomic mass is 9.97. The van der Waals surface area contributed by atoms with Gasteiger partial charge in [0.05, 0.1) is 5.92 Å². The number of esters is 1. The van der Waals surface area contributed by atoms with E-state index in [2.05, 4.69) is 0 Å². The summed E-state index contributed by atoms with van der Waals surface area (Å²) in [7, 11) is 0. The van der Waals surface area contributed by atoms with Gasteiger partial charge < -0.3 is 4.74 Å². The van der Waals surface area contributed by atoms with Crippen molar-refractivity contribution in [1.82, 2.24) is 0 Å². The molecule has 2 nitrogen and oxygen atoms in total. The second-order valence-corrected chi connectivity index (χ2v) is 8.31. The zero-order valence-electron chi connectivity index (χ0n) is 16.4. The quantitative estimate of drug-likeness (QED) is 0.503. The van der Waals surface area contributed by atoms with E-state index >= 15 is 0 Å². The third kappa shape index (κ3) is 4.50. The summed E-state index contributed by atoms with van der Waals surface area (Å²) in [6, 6.07) is 15.6. The second-order valence-electron chi connectivity index (χ2n) is 7.90. The number of halogens is 4. The Morgan fingerprint density at radius 1 is 1.14 bits per heavy atom. The van der Waals surface area contributed by atoms with E-state index in [9.17, 15) is 18.0 Å². The summed E-state index contributed by atoms with van der Waals surface area (Å²) in [5.41, 5.74) is 3.34. The number of alkyl halides is 3. The molecule has 0 N–H and O–H groups in total. The van der Waals surface area contributed by atoms with Gasteiger partial charge in [-0.3, -0.25) is 4.79 Å². The van der Waals surface area contributed by atoms with E-state index in [0.29, 0.717) is 0 Å². The molecular weight excluding hydrogens is 401 g/mol. The van der Waals surface area contributed by atoms with Crippen molar-refractivity contribution in [2.75, 3.05) is 0 Å². The molecule has 3 rings (SSSR count). The molecule has 6 heteroatoms. The van der Waals surface area contributed by atoms with Crippen LogP contribution in [0.15, 0.2) is 59.6 Å². The Morgan fingerprint density at radius 2 is 1.79 bits per heavy atom. The van der Waals surface area contributed by atoms with Crippen molar-refractivity contribution in [3.8, 4) is 11.1 Å². The maximum atomic E-state index is 12.7. The Bertz CT molecular complexity index is 933. The topological polar surface area (TPSA) is 26.3 Å². The monoisotopic (exact) mass is 422 g/mol. The van der Waals surface area contributed by atoms with E-state index < -0.39 is 34.4 Å². The lowest BCUT2D eigenvalue weighted by Crippen LogP contribution is -2.11. The molecule has 1 saturated carbocycles. The van der Waals surface area contributed by atoms with Gasteiger partial charge in [-0.1, -0.05) is 80.1 Å². The van der Waals surface area contributed by atoms with Crippen LogP contribution in [0.3, 0.4) is 0 Å². The maximum absolute atomic E-state index is 12.7. The van der Waals surface area contributed by atoms with E-state index in [-0.39, 0.29) is 6.61 Å². The molecule has 2 aromatic carbocycles. The number of hydrogen-bond acceptors (Lipinski definition) is 2. The molecule has 0 saturated heterocycles. The molecule has 0 aliphatic heterocycles. The first kappa shape index (κ1) is 21.4. The van der Waals surface area contributed by atoms with E-state index in [1.54, 1.807) is 13.8 Å². The number of carbonyl (C=O) groups excluding carboxylic acids is 1. The van der Waals surface area contributed by atoms with E-state index in [1.165, 1.54) is 0 Å². The molecule has 154 valence electrons. The average molecular weight is 423 g/mol. The molecule has 2 aromatic rings. The summed E-state index contributed by atoms with van der Waals surface area (Å²) in [6.45, 7) is 5.51. The zero-order chi connectivity index (χ0) is 21.4. The number of rotatable bonds is 5. The zero-order valence-corrected chi connectivity index (χ0v) is 17.1. The van der Waals surface area contributed by atoms with Gasteiger partial charge in [-0.25, -0.2) is 0 Å². The fourth-order valence-corrected chi connectivity index (χ4v) is 3.84. The molecular formula is C23H22ClF3O2. The molecule has 0 amide bonds. The highest BCUT2D eigenvalue weighted by Gasteiger charge is 2.62. The molecule has 0 spiro atoms. The molecule has 1 aliphatic rings. The molecule has 0 aromatic heterocycles. The van der Waals surface area contributed by atoms with Crippen LogP contribution >= 0.6 is 11.6 Å². The molecule has 1 fully saturated rings. The van der Waals surface area contributed by atoms with Crippen LogP contribution in [0.25, 0.3) is 11.1 Å². The van der Waals surface area contributed by atoms with Crippen molar-refractivity contribution in [2.24, 2.45) is 17.3 Å². The van der Waals surface area contributed by atoms with Gasteiger partial charge in [0.25, 0.3) is 0 Å². The summed E-state index contributed by atoms with van der Waals surface area (Å²) in [5.74, 6) is -1.75. The lowest BCUT2D eigenvalue weighted by Gasteiger charge is -2.12. The van der Waals surface area contributed by atoms with E-state index in [0.717, 1.165) is 28.3 Å². The van der Waals surface area contributed by atoms with Gasteiger partial charge in [-0.05, 0) is 40.5 Å². The number of carbonyl (C=O) groups is 1. The predicted octanol–water partition coefficient (Wildman–Crippen LogP) is 6.66. The van der Waals surface area contributed by atoms with Crippen LogP contribution in [0.2, 0.25) is 0 Å². The Balaban J connectivity index is 1.70.